The number of piperidine rings is 1. The normalized spacial score (nSPS) is 15.2. The van der Waals surface area contributed by atoms with E-state index in [2.05, 4.69) is 31.1 Å². The van der Waals surface area contributed by atoms with Crippen LogP contribution < -0.4 is 4.90 Å². The summed E-state index contributed by atoms with van der Waals surface area (Å²) in [5.41, 5.74) is 1.69. The van der Waals surface area contributed by atoms with Gasteiger partial charge in [-0.3, -0.25) is 4.98 Å². The highest BCUT2D eigenvalue weighted by molar-refractivity contribution is 5.54. The second kappa shape index (κ2) is 9.85. The van der Waals surface area contributed by atoms with Crippen molar-refractivity contribution in [1.29, 1.82) is 0 Å². The SMILES string of the molecule is FC(F)(F)c1ccc(-c2nc(C(Cc3cccnc3N3CCCCC3)c3cccnc3)no2)cc1. The van der Waals surface area contributed by atoms with Crippen molar-refractivity contribution in [3.63, 3.8) is 0 Å². The molecule has 4 heterocycles. The van der Waals surface area contributed by atoms with Gasteiger partial charge in [0, 0.05) is 37.2 Å². The Hall–Kier alpha value is -3.75. The van der Waals surface area contributed by atoms with E-state index in [4.69, 9.17) is 4.52 Å². The lowest BCUT2D eigenvalue weighted by molar-refractivity contribution is -0.137. The predicted molar refractivity (Wildman–Crippen MR) is 125 cm³/mol. The maximum absolute atomic E-state index is 12.9. The van der Waals surface area contributed by atoms with Gasteiger partial charge in [0.25, 0.3) is 5.89 Å². The standard InChI is InChI=1S/C26H24F3N5O/c27-26(28,29)21-10-8-18(9-11-21)25-32-23(33-35-25)22(20-7-4-12-30-17-20)16-19-6-5-13-31-24(19)34-14-2-1-3-15-34/h4-13,17,22H,1-3,14-16H2. The minimum atomic E-state index is -4.40. The number of aromatic nitrogens is 4. The Labute approximate surface area is 200 Å². The summed E-state index contributed by atoms with van der Waals surface area (Å²) < 4.78 is 44.3. The number of hydrogen-bond donors (Lipinski definition) is 0. The summed E-state index contributed by atoms with van der Waals surface area (Å²) in [7, 11) is 0. The third-order valence-electron chi connectivity index (χ3n) is 6.25. The van der Waals surface area contributed by atoms with E-state index in [1.165, 1.54) is 18.6 Å². The lowest BCUT2D eigenvalue weighted by atomic mass is 9.92. The zero-order chi connectivity index (χ0) is 24.3. The molecule has 0 N–H and O–H groups in total. The molecule has 0 spiro atoms. The van der Waals surface area contributed by atoms with Crippen LogP contribution in [0.5, 0.6) is 0 Å². The molecule has 5 rings (SSSR count). The lowest BCUT2D eigenvalue weighted by Crippen LogP contribution is -2.31. The van der Waals surface area contributed by atoms with Crippen LogP contribution in [-0.2, 0) is 12.6 Å². The molecule has 0 amide bonds. The van der Waals surface area contributed by atoms with E-state index in [-0.39, 0.29) is 11.8 Å². The number of alkyl halides is 3. The Balaban J connectivity index is 1.47. The average molecular weight is 480 g/mol. The molecule has 1 aromatic carbocycles. The van der Waals surface area contributed by atoms with Gasteiger partial charge < -0.3 is 9.42 Å². The molecule has 0 aliphatic carbocycles. The van der Waals surface area contributed by atoms with Crippen LogP contribution in [0, 0.1) is 0 Å². The molecular formula is C26H24F3N5O. The van der Waals surface area contributed by atoms with E-state index >= 15 is 0 Å². The van der Waals surface area contributed by atoms with Crippen molar-refractivity contribution >= 4 is 5.82 Å². The summed E-state index contributed by atoms with van der Waals surface area (Å²) in [6, 6.07) is 12.5. The molecule has 1 aliphatic heterocycles. The first-order valence-corrected chi connectivity index (χ1v) is 11.6. The molecule has 1 atom stereocenters. The van der Waals surface area contributed by atoms with E-state index in [0.29, 0.717) is 17.8 Å². The van der Waals surface area contributed by atoms with Crippen LogP contribution in [0.4, 0.5) is 19.0 Å². The Kier molecular flexibility index (Phi) is 6.48. The van der Waals surface area contributed by atoms with Crippen LogP contribution in [0.2, 0.25) is 0 Å². The van der Waals surface area contributed by atoms with Crippen LogP contribution in [-0.4, -0.2) is 33.2 Å². The van der Waals surface area contributed by atoms with Crippen LogP contribution in [0.3, 0.4) is 0 Å². The molecule has 180 valence electrons. The van der Waals surface area contributed by atoms with Gasteiger partial charge in [0.1, 0.15) is 5.82 Å². The lowest BCUT2D eigenvalue weighted by Gasteiger charge is -2.30. The molecule has 0 saturated carbocycles. The summed E-state index contributed by atoms with van der Waals surface area (Å²) in [4.78, 5) is 15.8. The second-order valence-corrected chi connectivity index (χ2v) is 8.61. The van der Waals surface area contributed by atoms with Crippen LogP contribution >= 0.6 is 0 Å². The molecule has 9 heteroatoms. The number of rotatable bonds is 6. The molecule has 1 unspecified atom stereocenters. The number of anilines is 1. The molecule has 0 bridgehead atoms. The third kappa shape index (κ3) is 5.18. The fraction of sp³-hybridized carbons (Fsp3) is 0.308. The van der Waals surface area contributed by atoms with E-state index in [9.17, 15) is 13.2 Å². The van der Waals surface area contributed by atoms with Gasteiger partial charge in [-0.1, -0.05) is 17.3 Å². The number of halogens is 3. The molecule has 1 aliphatic rings. The molecule has 35 heavy (non-hydrogen) atoms. The minimum Gasteiger partial charge on any atom is -0.356 e. The Morgan fingerprint density at radius 2 is 1.71 bits per heavy atom. The molecule has 1 saturated heterocycles. The van der Waals surface area contributed by atoms with Gasteiger partial charge in [0.15, 0.2) is 5.82 Å². The van der Waals surface area contributed by atoms with E-state index < -0.39 is 11.7 Å². The maximum atomic E-state index is 12.9. The smallest absolute Gasteiger partial charge is 0.356 e. The van der Waals surface area contributed by atoms with Crippen LogP contribution in [0.15, 0.2) is 71.6 Å². The topological polar surface area (TPSA) is 67.9 Å². The van der Waals surface area contributed by atoms with Gasteiger partial charge in [0.05, 0.1) is 11.5 Å². The highest BCUT2D eigenvalue weighted by Gasteiger charge is 2.30. The van der Waals surface area contributed by atoms with Gasteiger partial charge in [-0.05, 0) is 73.2 Å². The van der Waals surface area contributed by atoms with Crippen molar-refractivity contribution in [3.8, 4) is 11.5 Å². The molecule has 0 radical (unpaired) electrons. The van der Waals surface area contributed by atoms with Crippen LogP contribution in [0.25, 0.3) is 11.5 Å². The summed E-state index contributed by atoms with van der Waals surface area (Å²) in [6.45, 7) is 1.95. The maximum Gasteiger partial charge on any atom is 0.416 e. The Morgan fingerprint density at radius 1 is 0.943 bits per heavy atom. The highest BCUT2D eigenvalue weighted by Crippen LogP contribution is 2.33. The van der Waals surface area contributed by atoms with Gasteiger partial charge in [-0.15, -0.1) is 0 Å². The molecule has 3 aromatic heterocycles. The van der Waals surface area contributed by atoms with Crippen molar-refractivity contribution < 1.29 is 17.7 Å². The van der Waals surface area contributed by atoms with Crippen molar-refractivity contribution in [2.45, 2.75) is 37.8 Å². The van der Waals surface area contributed by atoms with Gasteiger partial charge in [0.2, 0.25) is 0 Å². The Bertz CT molecular complexity index is 1250. The summed E-state index contributed by atoms with van der Waals surface area (Å²) in [5, 5.41) is 4.21. The largest absolute Gasteiger partial charge is 0.416 e. The molecular weight excluding hydrogens is 455 g/mol. The zero-order valence-corrected chi connectivity index (χ0v) is 18.9. The van der Waals surface area contributed by atoms with Crippen LogP contribution in [0.1, 0.15) is 47.7 Å². The van der Waals surface area contributed by atoms with E-state index in [1.807, 2.05) is 24.4 Å². The average Bonchev–Trinajstić information content (AvgIpc) is 3.38. The van der Waals surface area contributed by atoms with Gasteiger partial charge in [-0.25, -0.2) is 4.98 Å². The monoisotopic (exact) mass is 479 g/mol. The fourth-order valence-corrected chi connectivity index (χ4v) is 4.44. The van der Waals surface area contributed by atoms with E-state index in [1.54, 1.807) is 12.4 Å². The first kappa shape index (κ1) is 23.0. The zero-order valence-electron chi connectivity index (χ0n) is 18.9. The van der Waals surface area contributed by atoms with E-state index in [0.717, 1.165) is 55.0 Å². The molecule has 4 aromatic rings. The number of hydrogen-bond acceptors (Lipinski definition) is 6. The summed E-state index contributed by atoms with van der Waals surface area (Å²) in [5.74, 6) is 1.32. The number of pyridine rings is 2. The first-order chi connectivity index (χ1) is 17.0. The second-order valence-electron chi connectivity index (χ2n) is 8.61. The number of nitrogens with zero attached hydrogens (tertiary/aromatic N) is 5. The quantitative estimate of drug-likeness (QED) is 0.343. The van der Waals surface area contributed by atoms with Crippen molar-refractivity contribution in [3.05, 3.63) is 89.6 Å². The predicted octanol–water partition coefficient (Wildman–Crippen LogP) is 5.91. The number of benzene rings is 1. The fourth-order valence-electron chi connectivity index (χ4n) is 4.44. The van der Waals surface area contributed by atoms with Crippen molar-refractivity contribution in [2.75, 3.05) is 18.0 Å². The minimum absolute atomic E-state index is 0.171. The summed E-state index contributed by atoms with van der Waals surface area (Å²) >= 11 is 0. The molecule has 6 nitrogen and oxygen atoms in total. The molecule has 1 fully saturated rings. The van der Waals surface area contributed by atoms with Gasteiger partial charge in [-0.2, -0.15) is 18.2 Å². The summed E-state index contributed by atoms with van der Waals surface area (Å²) in [6.07, 6.45) is 4.98. The van der Waals surface area contributed by atoms with Crippen molar-refractivity contribution in [2.24, 2.45) is 0 Å². The first-order valence-electron chi connectivity index (χ1n) is 11.6. The third-order valence-corrected chi connectivity index (χ3v) is 6.25. The highest BCUT2D eigenvalue weighted by atomic mass is 19.4. The van der Waals surface area contributed by atoms with Crippen molar-refractivity contribution in [1.82, 2.24) is 20.1 Å². The van der Waals surface area contributed by atoms with Gasteiger partial charge >= 0.3 is 6.18 Å². The Morgan fingerprint density at radius 3 is 2.43 bits per heavy atom.